The van der Waals surface area contributed by atoms with Crippen LogP contribution in [0.3, 0.4) is 0 Å². The number of aromatic nitrogens is 3. The summed E-state index contributed by atoms with van der Waals surface area (Å²) in [7, 11) is 0. The molecule has 0 aliphatic heterocycles. The monoisotopic (exact) mass is 313 g/mol. The van der Waals surface area contributed by atoms with E-state index in [1.165, 1.54) is 16.0 Å². The van der Waals surface area contributed by atoms with Crippen LogP contribution in [-0.4, -0.2) is 21.2 Å². The lowest BCUT2D eigenvalue weighted by Gasteiger charge is -2.06. The Labute approximate surface area is 133 Å². The third-order valence-corrected chi connectivity index (χ3v) is 4.88. The van der Waals surface area contributed by atoms with E-state index >= 15 is 0 Å². The van der Waals surface area contributed by atoms with Gasteiger partial charge in [-0.2, -0.15) is 5.10 Å². The molecule has 1 atom stereocenters. The number of hydrogen-bond donors (Lipinski definition) is 2. The smallest absolute Gasteiger partial charge is 0.109 e. The van der Waals surface area contributed by atoms with Crippen LogP contribution < -0.4 is 11.1 Å². The van der Waals surface area contributed by atoms with E-state index in [1.54, 1.807) is 29.9 Å². The van der Waals surface area contributed by atoms with Gasteiger partial charge < -0.3 is 11.1 Å². The number of nitrogens with one attached hydrogen (secondary N) is 1. The summed E-state index contributed by atoms with van der Waals surface area (Å²) in [4.78, 5) is 5.32. The fourth-order valence-electron chi connectivity index (χ4n) is 2.37. The summed E-state index contributed by atoms with van der Waals surface area (Å²) in [5, 5.41) is 11.9. The van der Waals surface area contributed by atoms with Crippen LogP contribution in [0.2, 0.25) is 0 Å². The van der Waals surface area contributed by atoms with Crippen molar-refractivity contribution in [3.05, 3.63) is 46.7 Å². The van der Waals surface area contributed by atoms with Gasteiger partial charge in [-0.15, -0.1) is 16.4 Å². The second kappa shape index (κ2) is 6.37. The molecule has 0 aromatic carbocycles. The molecule has 0 amide bonds. The van der Waals surface area contributed by atoms with Crippen molar-refractivity contribution < 1.29 is 0 Å². The standard InChI is InChI=1S/C16H19N5S/c1-10(17)7-14-11(2)15-16(22-14)13(9-20-21-15)19-8-12-3-5-18-6-4-12/h3-6,9-10H,7-8,17H2,1-2H3,(H,19,21)/t10-/m0/s1. The van der Waals surface area contributed by atoms with Gasteiger partial charge in [-0.1, -0.05) is 0 Å². The number of fused-ring (bicyclic) bond motifs is 1. The number of anilines is 1. The maximum Gasteiger partial charge on any atom is 0.109 e. The molecule has 0 saturated heterocycles. The molecule has 3 aromatic rings. The summed E-state index contributed by atoms with van der Waals surface area (Å²) in [6, 6.07) is 4.15. The van der Waals surface area contributed by atoms with E-state index in [9.17, 15) is 0 Å². The maximum atomic E-state index is 5.94. The molecule has 0 unspecified atom stereocenters. The van der Waals surface area contributed by atoms with E-state index in [-0.39, 0.29) is 6.04 Å². The van der Waals surface area contributed by atoms with E-state index in [0.717, 1.165) is 28.9 Å². The number of rotatable bonds is 5. The van der Waals surface area contributed by atoms with Gasteiger partial charge in [0, 0.05) is 29.9 Å². The van der Waals surface area contributed by atoms with Crippen LogP contribution in [-0.2, 0) is 13.0 Å². The summed E-state index contributed by atoms with van der Waals surface area (Å²) in [5.41, 5.74) is 10.3. The Balaban J connectivity index is 1.89. The zero-order chi connectivity index (χ0) is 15.5. The minimum absolute atomic E-state index is 0.146. The highest BCUT2D eigenvalue weighted by molar-refractivity contribution is 7.19. The van der Waals surface area contributed by atoms with Crippen molar-refractivity contribution in [1.29, 1.82) is 0 Å². The van der Waals surface area contributed by atoms with E-state index in [1.807, 2.05) is 19.1 Å². The number of nitrogens with two attached hydrogens (primary N) is 1. The molecule has 3 heterocycles. The first-order valence-corrected chi connectivity index (χ1v) is 8.09. The van der Waals surface area contributed by atoms with E-state index < -0.39 is 0 Å². The maximum absolute atomic E-state index is 5.94. The highest BCUT2D eigenvalue weighted by Gasteiger charge is 2.14. The van der Waals surface area contributed by atoms with Gasteiger partial charge in [0.15, 0.2) is 0 Å². The van der Waals surface area contributed by atoms with Crippen molar-refractivity contribution in [2.75, 3.05) is 5.32 Å². The second-order valence-electron chi connectivity index (χ2n) is 5.48. The molecule has 0 fully saturated rings. The normalized spacial score (nSPS) is 12.5. The number of hydrogen-bond acceptors (Lipinski definition) is 6. The van der Waals surface area contributed by atoms with Crippen LogP contribution in [0.5, 0.6) is 0 Å². The summed E-state index contributed by atoms with van der Waals surface area (Å²) in [6.45, 7) is 4.86. The van der Waals surface area contributed by atoms with Crippen molar-refractivity contribution in [1.82, 2.24) is 15.2 Å². The SMILES string of the molecule is Cc1c(C[C@H](C)N)sc2c(NCc3ccncc3)cnnc12. The molecule has 3 aromatic heterocycles. The van der Waals surface area contributed by atoms with Crippen LogP contribution in [0.15, 0.2) is 30.7 Å². The Kier molecular flexibility index (Phi) is 4.31. The fourth-order valence-corrected chi connectivity index (χ4v) is 3.74. The molecule has 114 valence electrons. The molecule has 0 radical (unpaired) electrons. The van der Waals surface area contributed by atoms with Gasteiger partial charge in [0.05, 0.1) is 16.6 Å². The highest BCUT2D eigenvalue weighted by atomic mass is 32.1. The number of aryl methyl sites for hydroxylation is 1. The Hall–Kier alpha value is -2.05. The van der Waals surface area contributed by atoms with Gasteiger partial charge in [-0.05, 0) is 43.5 Å². The molecule has 22 heavy (non-hydrogen) atoms. The first-order valence-electron chi connectivity index (χ1n) is 7.27. The van der Waals surface area contributed by atoms with Gasteiger partial charge >= 0.3 is 0 Å². The van der Waals surface area contributed by atoms with Gasteiger partial charge in [-0.3, -0.25) is 4.98 Å². The fraction of sp³-hybridized carbons (Fsp3) is 0.312. The van der Waals surface area contributed by atoms with Crippen LogP contribution in [0.1, 0.15) is 22.9 Å². The van der Waals surface area contributed by atoms with Crippen molar-refractivity contribution >= 4 is 27.2 Å². The lowest BCUT2D eigenvalue weighted by molar-refractivity contribution is 0.744. The van der Waals surface area contributed by atoms with Crippen molar-refractivity contribution in [3.63, 3.8) is 0 Å². The Morgan fingerprint density at radius 2 is 2.09 bits per heavy atom. The van der Waals surface area contributed by atoms with Crippen LogP contribution in [0.25, 0.3) is 10.2 Å². The minimum Gasteiger partial charge on any atom is -0.378 e. The van der Waals surface area contributed by atoms with E-state index in [0.29, 0.717) is 0 Å². The summed E-state index contributed by atoms with van der Waals surface area (Å²) in [5.74, 6) is 0. The summed E-state index contributed by atoms with van der Waals surface area (Å²) < 4.78 is 1.15. The summed E-state index contributed by atoms with van der Waals surface area (Å²) >= 11 is 1.76. The van der Waals surface area contributed by atoms with E-state index in [2.05, 4.69) is 27.4 Å². The largest absolute Gasteiger partial charge is 0.378 e. The topological polar surface area (TPSA) is 76.7 Å². The number of thiophene rings is 1. The van der Waals surface area contributed by atoms with Crippen LogP contribution >= 0.6 is 11.3 Å². The molecule has 5 nitrogen and oxygen atoms in total. The zero-order valence-corrected chi connectivity index (χ0v) is 13.5. The van der Waals surface area contributed by atoms with Crippen LogP contribution in [0.4, 0.5) is 5.69 Å². The van der Waals surface area contributed by atoms with Crippen molar-refractivity contribution in [3.8, 4) is 0 Å². The van der Waals surface area contributed by atoms with Gasteiger partial charge in [-0.25, -0.2) is 0 Å². The molecule has 0 aliphatic carbocycles. The summed E-state index contributed by atoms with van der Waals surface area (Å²) in [6.07, 6.45) is 6.26. The molecule has 0 aliphatic rings. The number of pyridine rings is 1. The molecule has 3 rings (SSSR count). The predicted octanol–water partition coefficient (Wildman–Crippen LogP) is 2.90. The number of nitrogens with zero attached hydrogens (tertiary/aromatic N) is 3. The second-order valence-corrected chi connectivity index (χ2v) is 6.58. The lowest BCUT2D eigenvalue weighted by atomic mass is 10.1. The van der Waals surface area contributed by atoms with Gasteiger partial charge in [0.2, 0.25) is 0 Å². The quantitative estimate of drug-likeness (QED) is 0.757. The molecule has 6 heteroatoms. The predicted molar refractivity (Wildman–Crippen MR) is 91.1 cm³/mol. The average Bonchev–Trinajstić information content (AvgIpc) is 2.83. The first kappa shape index (κ1) is 14.9. The Morgan fingerprint density at radius 3 is 2.82 bits per heavy atom. The average molecular weight is 313 g/mol. The minimum atomic E-state index is 0.146. The molecule has 0 bridgehead atoms. The molecule has 0 saturated carbocycles. The molecule has 0 spiro atoms. The van der Waals surface area contributed by atoms with Crippen molar-refractivity contribution in [2.45, 2.75) is 32.9 Å². The zero-order valence-electron chi connectivity index (χ0n) is 12.7. The Morgan fingerprint density at radius 1 is 1.32 bits per heavy atom. The van der Waals surface area contributed by atoms with Gasteiger partial charge in [0.1, 0.15) is 5.52 Å². The van der Waals surface area contributed by atoms with Crippen LogP contribution in [0, 0.1) is 6.92 Å². The van der Waals surface area contributed by atoms with Crippen molar-refractivity contribution in [2.24, 2.45) is 5.73 Å². The first-order chi connectivity index (χ1) is 10.6. The highest BCUT2D eigenvalue weighted by Crippen LogP contribution is 2.34. The third kappa shape index (κ3) is 3.08. The Bertz CT molecular complexity index is 767. The van der Waals surface area contributed by atoms with Gasteiger partial charge in [0.25, 0.3) is 0 Å². The third-order valence-electron chi connectivity index (χ3n) is 3.54. The molecular formula is C16H19N5S. The van der Waals surface area contributed by atoms with E-state index in [4.69, 9.17) is 5.73 Å². The lowest BCUT2D eigenvalue weighted by Crippen LogP contribution is -2.17. The molecular weight excluding hydrogens is 294 g/mol. The molecule has 3 N–H and O–H groups in total.